The number of hydroxylamine groups is 1. The highest BCUT2D eigenvalue weighted by molar-refractivity contribution is 5.90. The van der Waals surface area contributed by atoms with Crippen molar-refractivity contribution in [1.29, 1.82) is 0 Å². The van der Waals surface area contributed by atoms with E-state index in [0.717, 1.165) is 26.1 Å². The quantitative estimate of drug-likeness (QED) is 0.421. The Kier molecular flexibility index (Phi) is 5.71. The van der Waals surface area contributed by atoms with Crippen molar-refractivity contribution in [3.8, 4) is 0 Å². The SMILES string of the molecule is O=C(C=Cc1cnc(N[C@@H]2CCN(Cc3ccccc3)C2)nc1)NO. The van der Waals surface area contributed by atoms with Gasteiger partial charge in [-0.25, -0.2) is 15.4 Å². The van der Waals surface area contributed by atoms with Crippen molar-refractivity contribution < 1.29 is 10.0 Å². The minimum Gasteiger partial charge on any atom is -0.350 e. The Morgan fingerprint density at radius 3 is 2.76 bits per heavy atom. The van der Waals surface area contributed by atoms with E-state index in [2.05, 4.69) is 44.5 Å². The molecule has 2 heterocycles. The molecule has 1 aliphatic heterocycles. The molecule has 0 aliphatic carbocycles. The van der Waals surface area contributed by atoms with Gasteiger partial charge < -0.3 is 5.32 Å². The maximum atomic E-state index is 10.9. The zero-order chi connectivity index (χ0) is 17.5. The first-order chi connectivity index (χ1) is 12.2. The fraction of sp³-hybridized carbons (Fsp3) is 0.278. The van der Waals surface area contributed by atoms with Crippen molar-refractivity contribution in [1.82, 2.24) is 20.3 Å². The molecule has 0 unspecified atom stereocenters. The van der Waals surface area contributed by atoms with E-state index in [1.807, 2.05) is 6.07 Å². The van der Waals surface area contributed by atoms with Crippen LogP contribution in [0.5, 0.6) is 0 Å². The molecule has 3 N–H and O–H groups in total. The summed E-state index contributed by atoms with van der Waals surface area (Å²) in [4.78, 5) is 21.9. The highest BCUT2D eigenvalue weighted by Gasteiger charge is 2.22. The van der Waals surface area contributed by atoms with Gasteiger partial charge >= 0.3 is 0 Å². The molecule has 1 atom stereocenters. The second-order valence-electron chi connectivity index (χ2n) is 6.00. The minimum atomic E-state index is -0.591. The number of amides is 1. The smallest absolute Gasteiger partial charge is 0.267 e. The second-order valence-corrected chi connectivity index (χ2v) is 6.00. The van der Waals surface area contributed by atoms with Crippen LogP contribution in [-0.2, 0) is 11.3 Å². The summed E-state index contributed by atoms with van der Waals surface area (Å²) in [5, 5.41) is 11.8. The Balaban J connectivity index is 1.50. The maximum Gasteiger partial charge on any atom is 0.267 e. The molecule has 0 spiro atoms. The lowest BCUT2D eigenvalue weighted by Crippen LogP contribution is -2.26. The Morgan fingerprint density at radius 1 is 1.28 bits per heavy atom. The number of likely N-dealkylation sites (tertiary alicyclic amines) is 1. The first kappa shape index (κ1) is 17.1. The number of benzene rings is 1. The third-order valence-electron chi connectivity index (χ3n) is 4.06. The monoisotopic (exact) mass is 339 g/mol. The standard InChI is InChI=1S/C18H21N5O2/c24-17(22-25)7-6-15-10-19-18(20-11-15)21-16-8-9-23(13-16)12-14-4-2-1-3-5-14/h1-7,10-11,16,25H,8-9,12-13H2,(H,22,24)(H,19,20,21)/t16-/m1/s1. The molecule has 0 radical (unpaired) electrons. The predicted octanol–water partition coefficient (Wildman–Crippen LogP) is 1.68. The number of nitrogens with zero attached hydrogens (tertiary/aromatic N) is 3. The number of hydrogen-bond donors (Lipinski definition) is 3. The van der Waals surface area contributed by atoms with Gasteiger partial charge in [0, 0.05) is 49.7 Å². The highest BCUT2D eigenvalue weighted by atomic mass is 16.5. The van der Waals surface area contributed by atoms with E-state index in [9.17, 15) is 4.79 Å². The van der Waals surface area contributed by atoms with Gasteiger partial charge in [-0.1, -0.05) is 30.3 Å². The summed E-state index contributed by atoms with van der Waals surface area (Å²) < 4.78 is 0. The summed E-state index contributed by atoms with van der Waals surface area (Å²) in [5.74, 6) is -0.0121. The van der Waals surface area contributed by atoms with Crippen molar-refractivity contribution in [2.45, 2.75) is 19.0 Å². The van der Waals surface area contributed by atoms with Gasteiger partial charge in [-0.05, 0) is 18.1 Å². The number of carbonyl (C=O) groups excluding carboxylic acids is 1. The zero-order valence-electron chi connectivity index (χ0n) is 13.8. The van der Waals surface area contributed by atoms with Gasteiger partial charge in [-0.15, -0.1) is 0 Å². The summed E-state index contributed by atoms with van der Waals surface area (Å²) >= 11 is 0. The van der Waals surface area contributed by atoms with E-state index in [4.69, 9.17) is 5.21 Å². The molecule has 25 heavy (non-hydrogen) atoms. The molecule has 1 aromatic carbocycles. The first-order valence-electron chi connectivity index (χ1n) is 8.20. The summed E-state index contributed by atoms with van der Waals surface area (Å²) in [7, 11) is 0. The number of aromatic nitrogens is 2. The lowest BCUT2D eigenvalue weighted by Gasteiger charge is -2.16. The summed E-state index contributed by atoms with van der Waals surface area (Å²) in [5.41, 5.74) is 3.54. The summed E-state index contributed by atoms with van der Waals surface area (Å²) in [6.45, 7) is 2.96. The van der Waals surface area contributed by atoms with E-state index in [0.29, 0.717) is 17.6 Å². The third kappa shape index (κ3) is 5.10. The number of hydrogen-bond acceptors (Lipinski definition) is 6. The van der Waals surface area contributed by atoms with E-state index >= 15 is 0 Å². The van der Waals surface area contributed by atoms with Gasteiger partial charge in [-0.2, -0.15) is 0 Å². The lowest BCUT2D eigenvalue weighted by molar-refractivity contribution is -0.124. The third-order valence-corrected chi connectivity index (χ3v) is 4.06. The van der Waals surface area contributed by atoms with Crippen molar-refractivity contribution in [2.24, 2.45) is 0 Å². The fourth-order valence-electron chi connectivity index (χ4n) is 2.83. The molecular weight excluding hydrogens is 318 g/mol. The maximum absolute atomic E-state index is 10.9. The molecule has 1 saturated heterocycles. The Labute approximate surface area is 146 Å². The van der Waals surface area contributed by atoms with Crippen molar-refractivity contribution in [3.63, 3.8) is 0 Å². The van der Waals surface area contributed by atoms with Crippen LogP contribution in [0.25, 0.3) is 6.08 Å². The minimum absolute atomic E-state index is 0.324. The van der Waals surface area contributed by atoms with Crippen LogP contribution in [0.2, 0.25) is 0 Å². The second kappa shape index (κ2) is 8.36. The van der Waals surface area contributed by atoms with E-state index in [-0.39, 0.29) is 0 Å². The first-order valence-corrected chi connectivity index (χ1v) is 8.20. The van der Waals surface area contributed by atoms with Crippen LogP contribution in [0.15, 0.2) is 48.8 Å². The number of carbonyl (C=O) groups is 1. The molecule has 1 fully saturated rings. The van der Waals surface area contributed by atoms with Gasteiger partial charge in [0.25, 0.3) is 5.91 Å². The van der Waals surface area contributed by atoms with Crippen molar-refractivity contribution in [3.05, 3.63) is 59.9 Å². The molecule has 130 valence electrons. The number of rotatable bonds is 6. The predicted molar refractivity (Wildman–Crippen MR) is 94.7 cm³/mol. The summed E-state index contributed by atoms with van der Waals surface area (Å²) in [6, 6.07) is 10.8. The zero-order valence-corrected chi connectivity index (χ0v) is 13.8. The summed E-state index contributed by atoms with van der Waals surface area (Å²) in [6.07, 6.45) is 7.06. The molecule has 7 nitrogen and oxygen atoms in total. The van der Waals surface area contributed by atoms with Crippen LogP contribution in [-0.4, -0.2) is 45.1 Å². The highest BCUT2D eigenvalue weighted by Crippen LogP contribution is 2.16. The van der Waals surface area contributed by atoms with Crippen LogP contribution in [0.4, 0.5) is 5.95 Å². The van der Waals surface area contributed by atoms with Crippen LogP contribution in [0.1, 0.15) is 17.5 Å². The van der Waals surface area contributed by atoms with Crippen molar-refractivity contribution >= 4 is 17.9 Å². The largest absolute Gasteiger partial charge is 0.350 e. The van der Waals surface area contributed by atoms with E-state index < -0.39 is 5.91 Å². The molecule has 2 aromatic rings. The Hall–Kier alpha value is -2.77. The molecule has 1 aromatic heterocycles. The van der Waals surface area contributed by atoms with Gasteiger partial charge in [0.15, 0.2) is 0 Å². The molecule has 3 rings (SSSR count). The van der Waals surface area contributed by atoms with Crippen LogP contribution < -0.4 is 10.8 Å². The van der Waals surface area contributed by atoms with Gasteiger partial charge in [0.05, 0.1) is 0 Å². The molecular formula is C18H21N5O2. The topological polar surface area (TPSA) is 90.4 Å². The molecule has 1 amide bonds. The van der Waals surface area contributed by atoms with Gasteiger partial charge in [-0.3, -0.25) is 14.9 Å². The Morgan fingerprint density at radius 2 is 2.04 bits per heavy atom. The average molecular weight is 339 g/mol. The van der Waals surface area contributed by atoms with E-state index in [1.54, 1.807) is 12.4 Å². The number of nitrogens with one attached hydrogen (secondary N) is 2. The van der Waals surface area contributed by atoms with E-state index in [1.165, 1.54) is 23.2 Å². The molecule has 1 aliphatic rings. The average Bonchev–Trinajstić information content (AvgIpc) is 3.08. The fourth-order valence-corrected chi connectivity index (χ4v) is 2.83. The van der Waals surface area contributed by atoms with Crippen LogP contribution >= 0.6 is 0 Å². The Bertz CT molecular complexity index is 718. The van der Waals surface area contributed by atoms with Crippen molar-refractivity contribution in [2.75, 3.05) is 18.4 Å². The number of anilines is 1. The molecule has 7 heteroatoms. The van der Waals surface area contributed by atoms with Crippen LogP contribution in [0.3, 0.4) is 0 Å². The molecule has 0 saturated carbocycles. The van der Waals surface area contributed by atoms with Crippen LogP contribution in [0, 0.1) is 0 Å². The molecule has 0 bridgehead atoms. The van der Waals surface area contributed by atoms with Gasteiger partial charge in [0.2, 0.25) is 5.95 Å². The normalized spacial score (nSPS) is 17.7. The lowest BCUT2D eigenvalue weighted by atomic mass is 10.2. The van der Waals surface area contributed by atoms with Gasteiger partial charge in [0.1, 0.15) is 0 Å².